The van der Waals surface area contributed by atoms with Crippen LogP contribution in [0.3, 0.4) is 0 Å². The highest BCUT2D eigenvalue weighted by molar-refractivity contribution is 9.10. The number of phenolic OH excluding ortho intramolecular Hbond substituents is 1. The van der Waals surface area contributed by atoms with Crippen LogP contribution in [-0.4, -0.2) is 5.11 Å². The maximum Gasteiger partial charge on any atom is 0.121 e. The van der Waals surface area contributed by atoms with Crippen molar-refractivity contribution in [1.29, 1.82) is 0 Å². The Morgan fingerprint density at radius 2 is 1.75 bits per heavy atom. The Kier molecular flexibility index (Phi) is 4.84. The van der Waals surface area contributed by atoms with Crippen LogP contribution in [-0.2, 0) is 6.54 Å². The summed E-state index contributed by atoms with van der Waals surface area (Å²) in [5.41, 5.74) is 4.29. The molecular formula is C17H20BrNO. The van der Waals surface area contributed by atoms with E-state index >= 15 is 0 Å². The molecule has 0 aliphatic heterocycles. The molecule has 0 bridgehead atoms. The highest BCUT2D eigenvalue weighted by Crippen LogP contribution is 2.25. The van der Waals surface area contributed by atoms with Crippen molar-refractivity contribution in [3.8, 4) is 5.75 Å². The van der Waals surface area contributed by atoms with Gasteiger partial charge in [0.1, 0.15) is 5.75 Å². The first kappa shape index (κ1) is 15.1. The van der Waals surface area contributed by atoms with E-state index in [0.717, 1.165) is 22.1 Å². The van der Waals surface area contributed by atoms with E-state index in [2.05, 4.69) is 40.3 Å². The topological polar surface area (TPSA) is 32.3 Å². The minimum Gasteiger partial charge on any atom is -0.507 e. The molecular weight excluding hydrogens is 314 g/mol. The molecule has 2 N–H and O–H groups in total. The van der Waals surface area contributed by atoms with Crippen LogP contribution in [0.4, 0.5) is 0 Å². The van der Waals surface area contributed by atoms with Crippen molar-refractivity contribution in [3.05, 3.63) is 63.1 Å². The van der Waals surface area contributed by atoms with E-state index < -0.39 is 0 Å². The standard InChI is InChI=1S/C17H20BrNO/c1-11-8-14(9-12(2)17(11)20)10-19-13(3)15-6-4-5-7-16(15)18/h4-9,13,19-20H,10H2,1-3H3/t13-/m1/s1. The van der Waals surface area contributed by atoms with Crippen molar-refractivity contribution >= 4 is 15.9 Å². The summed E-state index contributed by atoms with van der Waals surface area (Å²) in [5, 5.41) is 13.3. The molecule has 2 aromatic rings. The maximum atomic E-state index is 9.80. The summed E-state index contributed by atoms with van der Waals surface area (Å²) >= 11 is 3.58. The Labute approximate surface area is 129 Å². The minimum absolute atomic E-state index is 0.264. The Hall–Kier alpha value is -1.32. The van der Waals surface area contributed by atoms with E-state index in [9.17, 15) is 5.11 Å². The maximum absolute atomic E-state index is 9.80. The summed E-state index contributed by atoms with van der Waals surface area (Å²) in [6.07, 6.45) is 0. The normalized spacial score (nSPS) is 12.4. The van der Waals surface area contributed by atoms with E-state index in [1.807, 2.05) is 38.1 Å². The second kappa shape index (κ2) is 6.42. The van der Waals surface area contributed by atoms with Crippen molar-refractivity contribution in [2.75, 3.05) is 0 Å². The van der Waals surface area contributed by atoms with Crippen LogP contribution in [0.2, 0.25) is 0 Å². The quantitative estimate of drug-likeness (QED) is 0.855. The molecule has 3 heteroatoms. The number of hydrogen-bond acceptors (Lipinski definition) is 2. The molecule has 0 aliphatic carbocycles. The number of rotatable bonds is 4. The highest BCUT2D eigenvalue weighted by Gasteiger charge is 2.09. The lowest BCUT2D eigenvalue weighted by atomic mass is 10.0. The van der Waals surface area contributed by atoms with Gasteiger partial charge in [0, 0.05) is 17.1 Å². The van der Waals surface area contributed by atoms with E-state index in [-0.39, 0.29) is 6.04 Å². The lowest BCUT2D eigenvalue weighted by Crippen LogP contribution is -2.18. The molecule has 106 valence electrons. The first-order chi connectivity index (χ1) is 9.49. The van der Waals surface area contributed by atoms with Gasteiger partial charge < -0.3 is 10.4 Å². The lowest BCUT2D eigenvalue weighted by molar-refractivity contribution is 0.466. The Morgan fingerprint density at radius 3 is 2.35 bits per heavy atom. The molecule has 0 radical (unpaired) electrons. The van der Waals surface area contributed by atoms with Crippen LogP contribution >= 0.6 is 15.9 Å². The van der Waals surface area contributed by atoms with Crippen LogP contribution in [0.15, 0.2) is 40.9 Å². The molecule has 0 unspecified atom stereocenters. The van der Waals surface area contributed by atoms with Gasteiger partial charge in [0.2, 0.25) is 0 Å². The van der Waals surface area contributed by atoms with E-state index in [1.165, 1.54) is 11.1 Å². The number of aryl methyl sites for hydroxylation is 2. The summed E-state index contributed by atoms with van der Waals surface area (Å²) in [5.74, 6) is 0.396. The van der Waals surface area contributed by atoms with E-state index in [0.29, 0.717) is 5.75 Å². The first-order valence-electron chi connectivity index (χ1n) is 6.76. The number of hydrogen-bond donors (Lipinski definition) is 2. The molecule has 0 spiro atoms. The summed E-state index contributed by atoms with van der Waals surface area (Å²) in [7, 11) is 0. The fraction of sp³-hybridized carbons (Fsp3) is 0.294. The van der Waals surface area contributed by atoms with E-state index in [4.69, 9.17) is 0 Å². The average molecular weight is 334 g/mol. The molecule has 1 atom stereocenters. The van der Waals surface area contributed by atoms with Gasteiger partial charge in [-0.25, -0.2) is 0 Å². The van der Waals surface area contributed by atoms with Gasteiger partial charge in [-0.05, 0) is 49.1 Å². The predicted octanol–water partition coefficient (Wildman–Crippen LogP) is 4.62. The van der Waals surface area contributed by atoms with Crippen molar-refractivity contribution in [3.63, 3.8) is 0 Å². The monoisotopic (exact) mass is 333 g/mol. The van der Waals surface area contributed by atoms with Crippen molar-refractivity contribution < 1.29 is 5.11 Å². The third-order valence-corrected chi connectivity index (χ3v) is 4.26. The van der Waals surface area contributed by atoms with Gasteiger partial charge in [-0.2, -0.15) is 0 Å². The SMILES string of the molecule is Cc1cc(CN[C@H](C)c2ccccc2Br)cc(C)c1O. The van der Waals surface area contributed by atoms with Crippen LogP contribution < -0.4 is 5.32 Å². The van der Waals surface area contributed by atoms with Crippen LogP contribution in [0.1, 0.15) is 35.2 Å². The lowest BCUT2D eigenvalue weighted by Gasteiger charge is -2.16. The molecule has 2 nitrogen and oxygen atoms in total. The fourth-order valence-corrected chi connectivity index (χ4v) is 2.98. The molecule has 0 aliphatic rings. The molecule has 0 saturated carbocycles. The van der Waals surface area contributed by atoms with Gasteiger partial charge in [-0.3, -0.25) is 0 Å². The second-order valence-electron chi connectivity index (χ2n) is 5.20. The number of benzene rings is 2. The first-order valence-corrected chi connectivity index (χ1v) is 7.55. The molecule has 0 fully saturated rings. The highest BCUT2D eigenvalue weighted by atomic mass is 79.9. The zero-order valence-electron chi connectivity index (χ0n) is 12.1. The van der Waals surface area contributed by atoms with Crippen molar-refractivity contribution in [2.24, 2.45) is 0 Å². The van der Waals surface area contributed by atoms with Crippen LogP contribution in [0.25, 0.3) is 0 Å². The number of halogens is 1. The predicted molar refractivity (Wildman–Crippen MR) is 87.0 cm³/mol. The smallest absolute Gasteiger partial charge is 0.121 e. The van der Waals surface area contributed by atoms with Gasteiger partial charge >= 0.3 is 0 Å². The molecule has 0 aromatic heterocycles. The third kappa shape index (κ3) is 3.41. The summed E-state index contributed by atoms with van der Waals surface area (Å²) in [4.78, 5) is 0. The zero-order valence-corrected chi connectivity index (χ0v) is 13.7. The Bertz CT molecular complexity index is 587. The molecule has 0 heterocycles. The van der Waals surface area contributed by atoms with Crippen molar-refractivity contribution in [2.45, 2.75) is 33.4 Å². The zero-order chi connectivity index (χ0) is 14.7. The summed E-state index contributed by atoms with van der Waals surface area (Å²) in [6.45, 7) is 6.80. The Morgan fingerprint density at radius 1 is 1.15 bits per heavy atom. The molecule has 0 saturated heterocycles. The van der Waals surface area contributed by atoms with Crippen molar-refractivity contribution in [1.82, 2.24) is 5.32 Å². The number of phenols is 1. The number of nitrogens with one attached hydrogen (secondary N) is 1. The van der Waals surface area contributed by atoms with Gasteiger partial charge in [0.05, 0.1) is 0 Å². The van der Waals surface area contributed by atoms with Crippen LogP contribution in [0.5, 0.6) is 5.75 Å². The second-order valence-corrected chi connectivity index (χ2v) is 6.06. The van der Waals surface area contributed by atoms with E-state index in [1.54, 1.807) is 0 Å². The molecule has 20 heavy (non-hydrogen) atoms. The average Bonchev–Trinajstić information content (AvgIpc) is 2.42. The van der Waals surface area contributed by atoms with Gasteiger partial charge in [-0.15, -0.1) is 0 Å². The van der Waals surface area contributed by atoms with Gasteiger partial charge in [-0.1, -0.05) is 46.3 Å². The molecule has 0 amide bonds. The van der Waals surface area contributed by atoms with Gasteiger partial charge in [0.25, 0.3) is 0 Å². The summed E-state index contributed by atoms with van der Waals surface area (Å²) < 4.78 is 1.12. The Balaban J connectivity index is 2.07. The summed E-state index contributed by atoms with van der Waals surface area (Å²) in [6, 6.07) is 12.6. The molecule has 2 aromatic carbocycles. The molecule has 2 rings (SSSR count). The largest absolute Gasteiger partial charge is 0.507 e. The fourth-order valence-electron chi connectivity index (χ4n) is 2.35. The minimum atomic E-state index is 0.264. The number of aromatic hydroxyl groups is 1. The van der Waals surface area contributed by atoms with Gasteiger partial charge in [0.15, 0.2) is 0 Å². The van der Waals surface area contributed by atoms with Crippen LogP contribution in [0, 0.1) is 13.8 Å². The third-order valence-electron chi connectivity index (χ3n) is 3.53.